The van der Waals surface area contributed by atoms with Crippen molar-refractivity contribution < 1.29 is 22.7 Å². The summed E-state index contributed by atoms with van der Waals surface area (Å²) in [6, 6.07) is 6.99. The number of hydrogen-bond donors (Lipinski definition) is 2. The molecule has 1 saturated heterocycles. The molecule has 2 fully saturated rings. The molecule has 3 N–H and O–H groups in total. The molecule has 0 radical (unpaired) electrons. The van der Waals surface area contributed by atoms with Crippen LogP contribution in [0, 0.1) is 0 Å². The number of morpholine rings is 1. The third-order valence-corrected chi connectivity index (χ3v) is 6.07. The minimum absolute atomic E-state index is 0.249. The van der Waals surface area contributed by atoms with Gasteiger partial charge < -0.3 is 20.7 Å². The number of benzene rings is 1. The van der Waals surface area contributed by atoms with E-state index in [1.165, 1.54) is 18.6 Å². The van der Waals surface area contributed by atoms with Gasteiger partial charge in [-0.05, 0) is 37.1 Å². The molecule has 0 bridgehead atoms. The molecule has 0 unspecified atom stereocenters. The Bertz CT molecular complexity index is 1050. The second-order valence-electron chi connectivity index (χ2n) is 8.53. The molecule has 2 aromatic rings. The smallest absolute Gasteiger partial charge is 0.398 e. The van der Waals surface area contributed by atoms with Gasteiger partial charge in [-0.1, -0.05) is 25.3 Å². The van der Waals surface area contributed by atoms with Crippen molar-refractivity contribution in [1.29, 1.82) is 0 Å². The van der Waals surface area contributed by atoms with Crippen molar-refractivity contribution in [3.8, 4) is 0 Å². The van der Waals surface area contributed by atoms with Gasteiger partial charge in [-0.2, -0.15) is 13.2 Å². The highest BCUT2D eigenvalue weighted by Gasteiger charge is 2.33. The molecule has 1 aromatic carbocycles. The molecule has 34 heavy (non-hydrogen) atoms. The molecule has 10 heteroatoms. The van der Waals surface area contributed by atoms with Crippen LogP contribution in [0.4, 0.5) is 30.2 Å². The molecule has 7 nitrogen and oxygen atoms in total. The number of pyridine rings is 1. The van der Waals surface area contributed by atoms with Crippen LogP contribution >= 0.6 is 0 Å². The van der Waals surface area contributed by atoms with E-state index in [0.717, 1.165) is 31.7 Å². The number of nitrogen functional groups attached to an aromatic ring is 1. The van der Waals surface area contributed by atoms with Gasteiger partial charge in [-0.15, -0.1) is 0 Å². The Morgan fingerprint density at radius 2 is 1.91 bits per heavy atom. The lowest BCUT2D eigenvalue weighted by molar-refractivity contribution is -0.141. The SMILES string of the molecule is Nc1cc(N2CCOCC2)c(NC(=O)c2cccc(C(F)(F)F)n2)cc1C=NC1CCCCC1. The zero-order chi connectivity index (χ0) is 24.1. The number of rotatable bonds is 5. The van der Waals surface area contributed by atoms with Crippen LogP contribution in [-0.2, 0) is 10.9 Å². The number of alkyl halides is 3. The summed E-state index contributed by atoms with van der Waals surface area (Å²) < 4.78 is 44.6. The largest absolute Gasteiger partial charge is 0.433 e. The lowest BCUT2D eigenvalue weighted by Crippen LogP contribution is -2.37. The first kappa shape index (κ1) is 24.0. The minimum Gasteiger partial charge on any atom is -0.398 e. The number of hydrogen-bond acceptors (Lipinski definition) is 6. The summed E-state index contributed by atoms with van der Waals surface area (Å²) in [5, 5.41) is 2.74. The average Bonchev–Trinajstić information content (AvgIpc) is 2.84. The van der Waals surface area contributed by atoms with Gasteiger partial charge in [0, 0.05) is 36.6 Å². The number of nitrogens with one attached hydrogen (secondary N) is 1. The van der Waals surface area contributed by atoms with Crippen molar-refractivity contribution in [2.45, 2.75) is 44.3 Å². The number of halogens is 3. The van der Waals surface area contributed by atoms with Crippen molar-refractivity contribution in [2.75, 3.05) is 42.3 Å². The summed E-state index contributed by atoms with van der Waals surface area (Å²) in [7, 11) is 0. The topological polar surface area (TPSA) is 92.8 Å². The molecule has 1 amide bonds. The minimum atomic E-state index is -4.64. The van der Waals surface area contributed by atoms with E-state index in [2.05, 4.69) is 15.3 Å². The van der Waals surface area contributed by atoms with Gasteiger partial charge in [0.05, 0.1) is 24.6 Å². The summed E-state index contributed by atoms with van der Waals surface area (Å²) >= 11 is 0. The number of nitrogens with two attached hydrogens (primary N) is 1. The highest BCUT2D eigenvalue weighted by atomic mass is 19.4. The van der Waals surface area contributed by atoms with E-state index in [1.807, 2.05) is 4.90 Å². The molecule has 1 aliphatic heterocycles. The van der Waals surface area contributed by atoms with E-state index in [1.54, 1.807) is 18.3 Å². The Balaban J connectivity index is 1.64. The lowest BCUT2D eigenvalue weighted by Gasteiger charge is -2.31. The quantitative estimate of drug-likeness (QED) is 0.490. The van der Waals surface area contributed by atoms with E-state index in [9.17, 15) is 18.0 Å². The van der Waals surface area contributed by atoms with E-state index < -0.39 is 17.8 Å². The van der Waals surface area contributed by atoms with Gasteiger partial charge in [-0.25, -0.2) is 4.98 Å². The van der Waals surface area contributed by atoms with E-state index in [0.29, 0.717) is 48.9 Å². The standard InChI is InChI=1S/C24H28F3N5O2/c25-24(26,27)22-8-4-7-19(30-22)23(33)31-20-13-16(15-29-17-5-2-1-3-6-17)18(28)14-21(20)32-9-11-34-12-10-32/h4,7-8,13-15,17H,1-3,5-6,9-12,28H2,(H,31,33). The third-order valence-electron chi connectivity index (χ3n) is 6.07. The van der Waals surface area contributed by atoms with E-state index in [-0.39, 0.29) is 11.7 Å². The maximum absolute atomic E-state index is 13.1. The molecule has 2 aliphatic rings. The highest BCUT2D eigenvalue weighted by Crippen LogP contribution is 2.33. The first-order valence-corrected chi connectivity index (χ1v) is 11.5. The molecule has 0 atom stereocenters. The molecule has 1 aromatic heterocycles. The second-order valence-corrected chi connectivity index (χ2v) is 8.53. The number of anilines is 3. The zero-order valence-electron chi connectivity index (χ0n) is 18.8. The molecule has 2 heterocycles. The predicted octanol–water partition coefficient (Wildman–Crippen LogP) is 4.52. The fraction of sp³-hybridized carbons (Fsp3) is 0.458. The Labute approximate surface area is 196 Å². The van der Waals surface area contributed by atoms with Crippen LogP contribution in [0.5, 0.6) is 0 Å². The second kappa shape index (κ2) is 10.4. The molecule has 0 spiro atoms. The maximum atomic E-state index is 13.1. The average molecular weight is 476 g/mol. The highest BCUT2D eigenvalue weighted by molar-refractivity contribution is 6.06. The number of amides is 1. The van der Waals surface area contributed by atoms with Crippen LogP contribution in [0.25, 0.3) is 0 Å². The van der Waals surface area contributed by atoms with Gasteiger partial charge in [-0.3, -0.25) is 9.79 Å². The van der Waals surface area contributed by atoms with Gasteiger partial charge in [0.1, 0.15) is 11.4 Å². The predicted molar refractivity (Wildman–Crippen MR) is 126 cm³/mol. The Kier molecular flexibility index (Phi) is 7.35. The van der Waals surface area contributed by atoms with E-state index in [4.69, 9.17) is 10.5 Å². The summed E-state index contributed by atoms with van der Waals surface area (Å²) in [4.78, 5) is 23.1. The van der Waals surface area contributed by atoms with Crippen LogP contribution in [0.3, 0.4) is 0 Å². The number of aliphatic imine (C=N–C) groups is 1. The van der Waals surface area contributed by atoms with Gasteiger partial charge >= 0.3 is 6.18 Å². The Morgan fingerprint density at radius 3 is 2.62 bits per heavy atom. The molecule has 1 saturated carbocycles. The van der Waals surface area contributed by atoms with Crippen molar-refractivity contribution in [3.05, 3.63) is 47.3 Å². The number of carbonyl (C=O) groups is 1. The van der Waals surface area contributed by atoms with Crippen LogP contribution in [-0.4, -0.2) is 49.5 Å². The number of carbonyl (C=O) groups excluding carboxylic acids is 1. The van der Waals surface area contributed by atoms with Crippen LogP contribution in [0.1, 0.15) is 53.8 Å². The van der Waals surface area contributed by atoms with Gasteiger partial charge in [0.25, 0.3) is 5.91 Å². The summed E-state index contributed by atoms with van der Waals surface area (Å²) in [6.07, 6.45) is 2.69. The van der Waals surface area contributed by atoms with Crippen LogP contribution < -0.4 is 16.0 Å². The van der Waals surface area contributed by atoms with Crippen molar-refractivity contribution in [3.63, 3.8) is 0 Å². The summed E-state index contributed by atoms with van der Waals surface area (Å²) in [5.41, 5.74) is 7.15. The molecular formula is C24H28F3N5O2. The normalized spacial score (nSPS) is 17.8. The lowest BCUT2D eigenvalue weighted by atomic mass is 9.96. The first-order valence-electron chi connectivity index (χ1n) is 11.5. The Morgan fingerprint density at radius 1 is 1.18 bits per heavy atom. The van der Waals surface area contributed by atoms with Gasteiger partial charge in [0.2, 0.25) is 0 Å². The van der Waals surface area contributed by atoms with Crippen LogP contribution in [0.15, 0.2) is 35.3 Å². The summed E-state index contributed by atoms with van der Waals surface area (Å²) in [6.45, 7) is 2.24. The zero-order valence-corrected chi connectivity index (χ0v) is 18.8. The monoisotopic (exact) mass is 475 g/mol. The molecule has 4 rings (SSSR count). The Hall–Kier alpha value is -3.14. The van der Waals surface area contributed by atoms with Crippen LogP contribution in [0.2, 0.25) is 0 Å². The van der Waals surface area contributed by atoms with E-state index >= 15 is 0 Å². The molecule has 182 valence electrons. The fourth-order valence-corrected chi connectivity index (χ4v) is 4.22. The maximum Gasteiger partial charge on any atom is 0.433 e. The van der Waals surface area contributed by atoms with Crippen molar-refractivity contribution in [1.82, 2.24) is 4.98 Å². The first-order chi connectivity index (χ1) is 16.3. The number of aromatic nitrogens is 1. The van der Waals surface area contributed by atoms with Crippen molar-refractivity contribution >= 4 is 29.2 Å². The summed E-state index contributed by atoms with van der Waals surface area (Å²) in [5.74, 6) is -0.736. The molecular weight excluding hydrogens is 447 g/mol. The fourth-order valence-electron chi connectivity index (χ4n) is 4.22. The van der Waals surface area contributed by atoms with Gasteiger partial charge in [0.15, 0.2) is 0 Å². The van der Waals surface area contributed by atoms with Crippen molar-refractivity contribution in [2.24, 2.45) is 4.99 Å². The number of ether oxygens (including phenoxy) is 1. The molecule has 1 aliphatic carbocycles. The third kappa shape index (κ3) is 5.85. The number of nitrogens with zero attached hydrogens (tertiary/aromatic N) is 3.